The van der Waals surface area contributed by atoms with Gasteiger partial charge in [0.2, 0.25) is 5.95 Å². The number of phenolic OH excluding ortho intramolecular Hbond substituents is 1. The lowest BCUT2D eigenvalue weighted by Gasteiger charge is -1.99. The summed E-state index contributed by atoms with van der Waals surface area (Å²) >= 11 is 0. The number of para-hydroxylation sites is 1. The summed E-state index contributed by atoms with van der Waals surface area (Å²) in [6, 6.07) is 16.4. The molecule has 6 nitrogen and oxygen atoms in total. The smallest absolute Gasteiger partial charge is 0.269 e. The fourth-order valence-electron chi connectivity index (χ4n) is 1.72. The molecule has 21 heavy (non-hydrogen) atoms. The number of aromatic hydroxyl groups is 1. The molecule has 0 aliphatic carbocycles. The maximum atomic E-state index is 9.20. The Hall–Kier alpha value is -3.15. The maximum Gasteiger partial charge on any atom is 0.269 e. The van der Waals surface area contributed by atoms with Crippen LogP contribution in [0.25, 0.3) is 0 Å². The fraction of sp³-hybridized carbons (Fsp3) is 0. The highest BCUT2D eigenvalue weighted by Gasteiger charge is 2.01. The normalized spacial score (nSPS) is 10.9. The molecular formula is C15H13N5O. The summed E-state index contributed by atoms with van der Waals surface area (Å²) in [5.74, 6) is 1.08. The van der Waals surface area contributed by atoms with E-state index in [4.69, 9.17) is 0 Å². The van der Waals surface area contributed by atoms with Crippen molar-refractivity contribution in [2.24, 2.45) is 4.99 Å². The number of aliphatic imine (C=N–C) groups is 1. The molecule has 0 aliphatic heterocycles. The van der Waals surface area contributed by atoms with Gasteiger partial charge in [-0.15, -0.1) is 5.10 Å². The van der Waals surface area contributed by atoms with E-state index >= 15 is 0 Å². The fourth-order valence-corrected chi connectivity index (χ4v) is 1.72. The number of hydrogen-bond acceptors (Lipinski definition) is 5. The first-order chi connectivity index (χ1) is 10.3. The molecule has 0 atom stereocenters. The summed E-state index contributed by atoms with van der Waals surface area (Å²) < 4.78 is 0. The van der Waals surface area contributed by atoms with E-state index in [0.29, 0.717) is 11.9 Å². The summed E-state index contributed by atoms with van der Waals surface area (Å²) in [5.41, 5.74) is 1.78. The summed E-state index contributed by atoms with van der Waals surface area (Å²) in [6.07, 6.45) is 1.63. The van der Waals surface area contributed by atoms with E-state index in [9.17, 15) is 5.11 Å². The second kappa shape index (κ2) is 5.87. The van der Waals surface area contributed by atoms with Gasteiger partial charge in [-0.25, -0.2) is 10.1 Å². The second-order valence-corrected chi connectivity index (χ2v) is 4.32. The van der Waals surface area contributed by atoms with E-state index in [-0.39, 0.29) is 5.75 Å². The topological polar surface area (TPSA) is 86.2 Å². The minimum absolute atomic E-state index is 0.222. The Balaban J connectivity index is 1.69. The third-order valence-corrected chi connectivity index (χ3v) is 2.73. The van der Waals surface area contributed by atoms with Crippen LogP contribution in [-0.4, -0.2) is 26.5 Å². The summed E-state index contributed by atoms with van der Waals surface area (Å²) in [5, 5.41) is 19.1. The van der Waals surface area contributed by atoms with Crippen molar-refractivity contribution in [2.45, 2.75) is 0 Å². The molecule has 104 valence electrons. The molecule has 0 radical (unpaired) electrons. The quantitative estimate of drug-likeness (QED) is 0.641. The first-order valence-electron chi connectivity index (χ1n) is 6.37. The van der Waals surface area contributed by atoms with Crippen LogP contribution < -0.4 is 5.32 Å². The van der Waals surface area contributed by atoms with Gasteiger partial charge in [0.1, 0.15) is 5.75 Å². The highest BCUT2D eigenvalue weighted by molar-refractivity contribution is 5.81. The second-order valence-electron chi connectivity index (χ2n) is 4.32. The standard InChI is InChI=1S/C15H13N5O/c21-13-8-6-11(7-9-13)10-16-14-18-15(20-19-14)17-12-4-2-1-3-5-12/h1-10,21H,(H2,17,18,19,20)/b16-10+. The van der Waals surface area contributed by atoms with E-state index < -0.39 is 0 Å². The van der Waals surface area contributed by atoms with Crippen molar-refractivity contribution in [1.82, 2.24) is 15.2 Å². The first-order valence-corrected chi connectivity index (χ1v) is 6.37. The summed E-state index contributed by atoms with van der Waals surface area (Å²) in [6.45, 7) is 0. The Morgan fingerprint density at radius 3 is 2.57 bits per heavy atom. The zero-order chi connectivity index (χ0) is 14.5. The molecule has 0 spiro atoms. The van der Waals surface area contributed by atoms with Gasteiger partial charge in [0, 0.05) is 11.9 Å². The first kappa shape index (κ1) is 12.9. The highest BCUT2D eigenvalue weighted by Crippen LogP contribution is 2.14. The number of rotatable bonds is 4. The average molecular weight is 279 g/mol. The molecule has 3 N–H and O–H groups in total. The largest absolute Gasteiger partial charge is 0.508 e. The van der Waals surface area contributed by atoms with Crippen molar-refractivity contribution in [3.63, 3.8) is 0 Å². The van der Waals surface area contributed by atoms with Crippen molar-refractivity contribution >= 4 is 23.8 Å². The van der Waals surface area contributed by atoms with Crippen molar-refractivity contribution in [2.75, 3.05) is 5.32 Å². The van der Waals surface area contributed by atoms with E-state index in [0.717, 1.165) is 11.3 Å². The Labute approximate surface area is 121 Å². The van der Waals surface area contributed by atoms with Crippen LogP contribution in [0.15, 0.2) is 59.6 Å². The lowest BCUT2D eigenvalue weighted by atomic mass is 10.2. The van der Waals surface area contributed by atoms with Crippen LogP contribution in [0.3, 0.4) is 0 Å². The average Bonchev–Trinajstić information content (AvgIpc) is 2.95. The van der Waals surface area contributed by atoms with E-state index in [1.165, 1.54) is 0 Å². The van der Waals surface area contributed by atoms with Crippen LogP contribution in [-0.2, 0) is 0 Å². The molecule has 0 saturated carbocycles. The molecule has 3 rings (SSSR count). The van der Waals surface area contributed by atoms with E-state index in [1.54, 1.807) is 30.5 Å². The number of aromatic amines is 1. The van der Waals surface area contributed by atoms with Gasteiger partial charge in [-0.3, -0.25) is 0 Å². The van der Waals surface area contributed by atoms with Gasteiger partial charge in [-0.2, -0.15) is 4.98 Å². The molecule has 1 heterocycles. The Kier molecular flexibility index (Phi) is 3.60. The van der Waals surface area contributed by atoms with Gasteiger partial charge >= 0.3 is 0 Å². The van der Waals surface area contributed by atoms with E-state index in [1.807, 2.05) is 30.3 Å². The molecule has 0 unspecified atom stereocenters. The number of benzene rings is 2. The third kappa shape index (κ3) is 3.44. The van der Waals surface area contributed by atoms with Crippen molar-refractivity contribution in [3.8, 4) is 5.75 Å². The van der Waals surface area contributed by atoms with Gasteiger partial charge in [0.15, 0.2) is 0 Å². The molecule has 0 saturated heterocycles. The minimum atomic E-state index is 0.222. The monoisotopic (exact) mass is 279 g/mol. The van der Waals surface area contributed by atoms with Crippen LogP contribution in [0.1, 0.15) is 5.56 Å². The lowest BCUT2D eigenvalue weighted by molar-refractivity contribution is 0.475. The zero-order valence-electron chi connectivity index (χ0n) is 11.1. The lowest BCUT2D eigenvalue weighted by Crippen LogP contribution is -1.91. The van der Waals surface area contributed by atoms with Crippen molar-refractivity contribution < 1.29 is 5.11 Å². The SMILES string of the molecule is Oc1ccc(/C=N/c2n[nH]c(Nc3ccccc3)n2)cc1. The van der Waals surface area contributed by atoms with Crippen LogP contribution in [0.2, 0.25) is 0 Å². The van der Waals surface area contributed by atoms with Crippen LogP contribution in [0.4, 0.5) is 17.6 Å². The third-order valence-electron chi connectivity index (χ3n) is 2.73. The summed E-state index contributed by atoms with van der Waals surface area (Å²) in [7, 11) is 0. The van der Waals surface area contributed by atoms with Gasteiger partial charge in [0.25, 0.3) is 5.95 Å². The number of nitrogens with one attached hydrogen (secondary N) is 2. The Bertz CT molecular complexity index is 734. The van der Waals surface area contributed by atoms with Gasteiger partial charge in [-0.1, -0.05) is 18.2 Å². The van der Waals surface area contributed by atoms with Gasteiger partial charge < -0.3 is 10.4 Å². The van der Waals surface area contributed by atoms with Crippen molar-refractivity contribution in [3.05, 3.63) is 60.2 Å². The molecule has 0 fully saturated rings. The molecule has 6 heteroatoms. The van der Waals surface area contributed by atoms with Crippen molar-refractivity contribution in [1.29, 1.82) is 0 Å². The number of hydrogen-bond donors (Lipinski definition) is 3. The predicted octanol–water partition coefficient (Wildman–Crippen LogP) is 3.00. The van der Waals surface area contributed by atoms with Crippen LogP contribution in [0.5, 0.6) is 5.75 Å². The Morgan fingerprint density at radius 2 is 1.81 bits per heavy atom. The zero-order valence-corrected chi connectivity index (χ0v) is 11.1. The van der Waals surface area contributed by atoms with Gasteiger partial charge in [-0.05, 0) is 42.0 Å². The molecule has 0 aliphatic rings. The molecule has 2 aromatic carbocycles. The van der Waals surface area contributed by atoms with Crippen LogP contribution in [0, 0.1) is 0 Å². The number of nitrogens with zero attached hydrogens (tertiary/aromatic N) is 3. The molecule has 3 aromatic rings. The Morgan fingerprint density at radius 1 is 1.05 bits per heavy atom. The number of phenols is 1. The number of anilines is 2. The maximum absolute atomic E-state index is 9.20. The summed E-state index contributed by atoms with van der Waals surface area (Å²) in [4.78, 5) is 8.38. The van der Waals surface area contributed by atoms with Crippen LogP contribution >= 0.6 is 0 Å². The number of H-pyrrole nitrogens is 1. The minimum Gasteiger partial charge on any atom is -0.508 e. The molecule has 0 bridgehead atoms. The highest BCUT2D eigenvalue weighted by atomic mass is 16.3. The molecular weight excluding hydrogens is 266 g/mol. The number of aromatic nitrogens is 3. The molecule has 1 aromatic heterocycles. The molecule has 0 amide bonds. The predicted molar refractivity (Wildman–Crippen MR) is 81.5 cm³/mol. The van der Waals surface area contributed by atoms with E-state index in [2.05, 4.69) is 25.5 Å². The van der Waals surface area contributed by atoms with Gasteiger partial charge in [0.05, 0.1) is 0 Å².